The van der Waals surface area contributed by atoms with Crippen LogP contribution in [0.2, 0.25) is 0 Å². The fourth-order valence-electron chi connectivity index (χ4n) is 3.72. The average Bonchev–Trinajstić information content (AvgIpc) is 3.04. The summed E-state index contributed by atoms with van der Waals surface area (Å²) in [5, 5.41) is 0. The lowest BCUT2D eigenvalue weighted by Crippen LogP contribution is -2.40. The van der Waals surface area contributed by atoms with E-state index in [0.717, 1.165) is 17.7 Å². The minimum absolute atomic E-state index is 0.0756. The first-order chi connectivity index (χ1) is 13.0. The van der Waals surface area contributed by atoms with Crippen molar-refractivity contribution in [3.8, 4) is 0 Å². The fraction of sp³-hybridized carbons (Fsp3) is 0.350. The summed E-state index contributed by atoms with van der Waals surface area (Å²) in [4.78, 5) is 15.0. The Kier molecular flexibility index (Phi) is 4.75. The maximum atomic E-state index is 13.0. The van der Waals surface area contributed by atoms with Crippen LogP contribution in [0.5, 0.6) is 0 Å². The molecule has 6 nitrogen and oxygen atoms in total. The number of hydrogen-bond acceptors (Lipinski definition) is 4. The fourth-order valence-corrected chi connectivity index (χ4v) is 5.13. The summed E-state index contributed by atoms with van der Waals surface area (Å²) in [6.45, 7) is 3.54. The van der Waals surface area contributed by atoms with Crippen molar-refractivity contribution in [1.29, 1.82) is 0 Å². The van der Waals surface area contributed by atoms with E-state index in [0.29, 0.717) is 31.9 Å². The lowest BCUT2D eigenvalue weighted by molar-refractivity contribution is 0.0730. The molecular weight excluding hydrogens is 364 g/mol. The van der Waals surface area contributed by atoms with E-state index < -0.39 is 10.0 Å². The van der Waals surface area contributed by atoms with Crippen LogP contribution in [-0.2, 0) is 21.2 Å². The van der Waals surface area contributed by atoms with Crippen molar-refractivity contribution in [3.05, 3.63) is 59.7 Å². The van der Waals surface area contributed by atoms with Crippen LogP contribution in [0.4, 0.5) is 5.69 Å². The Morgan fingerprint density at radius 2 is 1.70 bits per heavy atom. The molecule has 2 aromatic rings. The molecule has 0 aromatic heterocycles. The van der Waals surface area contributed by atoms with E-state index in [1.807, 2.05) is 31.2 Å². The maximum absolute atomic E-state index is 13.0. The van der Waals surface area contributed by atoms with E-state index in [1.54, 1.807) is 17.0 Å². The molecule has 0 spiro atoms. The van der Waals surface area contributed by atoms with Crippen molar-refractivity contribution in [1.82, 2.24) is 4.31 Å². The molecule has 142 valence electrons. The van der Waals surface area contributed by atoms with Crippen LogP contribution in [0.25, 0.3) is 0 Å². The summed E-state index contributed by atoms with van der Waals surface area (Å²) >= 11 is 0. The Morgan fingerprint density at radius 1 is 1.04 bits per heavy atom. The zero-order chi connectivity index (χ0) is 19.0. The molecule has 1 amide bonds. The molecule has 4 rings (SSSR count). The summed E-state index contributed by atoms with van der Waals surface area (Å²) in [5.41, 5.74) is 2.57. The number of carbonyl (C=O) groups excluding carboxylic acids is 1. The Bertz CT molecular complexity index is 950. The molecule has 0 N–H and O–H groups in total. The Balaban J connectivity index is 1.58. The molecular formula is C20H22N2O4S. The summed E-state index contributed by atoms with van der Waals surface area (Å²) in [6.07, 6.45) is 0.825. The number of rotatable bonds is 3. The second-order valence-electron chi connectivity index (χ2n) is 6.90. The van der Waals surface area contributed by atoms with Crippen LogP contribution in [-0.4, -0.2) is 51.0 Å². The summed E-state index contributed by atoms with van der Waals surface area (Å²) in [7, 11) is -3.55. The van der Waals surface area contributed by atoms with Gasteiger partial charge in [0.1, 0.15) is 0 Å². The number of para-hydroxylation sites is 1. The maximum Gasteiger partial charge on any atom is 0.258 e. The van der Waals surface area contributed by atoms with Crippen molar-refractivity contribution in [2.24, 2.45) is 0 Å². The Hall–Kier alpha value is -2.22. The lowest BCUT2D eigenvalue weighted by Gasteiger charge is -2.26. The molecule has 0 radical (unpaired) electrons. The average molecular weight is 386 g/mol. The van der Waals surface area contributed by atoms with Gasteiger partial charge >= 0.3 is 0 Å². The third-order valence-corrected chi connectivity index (χ3v) is 7.05. The second kappa shape index (κ2) is 7.07. The highest BCUT2D eigenvalue weighted by Crippen LogP contribution is 2.33. The third-order valence-electron chi connectivity index (χ3n) is 5.14. The van der Waals surface area contributed by atoms with Crippen LogP contribution < -0.4 is 4.90 Å². The molecule has 0 bridgehead atoms. The van der Waals surface area contributed by atoms with Crippen LogP contribution in [0.15, 0.2) is 53.4 Å². The summed E-state index contributed by atoms with van der Waals surface area (Å²) in [5.74, 6) is -0.109. The van der Waals surface area contributed by atoms with Crippen LogP contribution in [0.1, 0.15) is 22.8 Å². The predicted octanol–water partition coefficient (Wildman–Crippen LogP) is 2.30. The first-order valence-corrected chi connectivity index (χ1v) is 10.5. The van der Waals surface area contributed by atoms with Gasteiger partial charge in [0.05, 0.1) is 18.1 Å². The zero-order valence-electron chi connectivity index (χ0n) is 15.2. The number of fused-ring (bicyclic) bond motifs is 1. The number of morpholine rings is 1. The normalized spacial score (nSPS) is 20.5. The highest BCUT2D eigenvalue weighted by Gasteiger charge is 2.32. The molecule has 2 aromatic carbocycles. The molecule has 2 heterocycles. The number of nitrogens with zero attached hydrogens (tertiary/aromatic N) is 2. The van der Waals surface area contributed by atoms with Gasteiger partial charge in [-0.05, 0) is 49.2 Å². The minimum atomic E-state index is -3.55. The van der Waals surface area contributed by atoms with Gasteiger partial charge in [-0.3, -0.25) is 4.79 Å². The monoisotopic (exact) mass is 386 g/mol. The van der Waals surface area contributed by atoms with Crippen molar-refractivity contribution >= 4 is 21.6 Å². The molecule has 2 aliphatic rings. The van der Waals surface area contributed by atoms with Gasteiger partial charge in [-0.15, -0.1) is 0 Å². The molecule has 1 atom stereocenters. The number of carbonyl (C=O) groups is 1. The number of hydrogen-bond donors (Lipinski definition) is 0. The number of amides is 1. The topological polar surface area (TPSA) is 66.9 Å². The molecule has 1 saturated heterocycles. The SMILES string of the molecule is C[C@@H]1Cc2ccccc2N1C(=O)c1ccc(S(=O)(=O)N2CCOCC2)cc1. The van der Waals surface area contributed by atoms with Gasteiger partial charge in [0.2, 0.25) is 10.0 Å². The van der Waals surface area contributed by atoms with E-state index in [2.05, 4.69) is 0 Å². The van der Waals surface area contributed by atoms with Gasteiger partial charge in [0, 0.05) is 30.4 Å². The van der Waals surface area contributed by atoms with Crippen molar-refractivity contribution in [3.63, 3.8) is 0 Å². The molecule has 0 aliphatic carbocycles. The van der Waals surface area contributed by atoms with E-state index in [9.17, 15) is 13.2 Å². The summed E-state index contributed by atoms with van der Waals surface area (Å²) < 4.78 is 32.1. The number of benzene rings is 2. The third kappa shape index (κ3) is 3.26. The molecule has 1 fully saturated rings. The summed E-state index contributed by atoms with van der Waals surface area (Å²) in [6, 6.07) is 14.2. The molecule has 2 aliphatic heterocycles. The van der Waals surface area contributed by atoms with Crippen LogP contribution in [0, 0.1) is 0 Å². The van der Waals surface area contributed by atoms with Gasteiger partial charge in [0.15, 0.2) is 0 Å². The predicted molar refractivity (Wildman–Crippen MR) is 102 cm³/mol. The standard InChI is InChI=1S/C20H22N2O4S/c1-15-14-17-4-2-3-5-19(17)22(15)20(23)16-6-8-18(9-7-16)27(24,25)21-10-12-26-13-11-21/h2-9,15H,10-14H2,1H3/t15-/m1/s1. The first kappa shape index (κ1) is 18.2. The number of ether oxygens (including phenoxy) is 1. The second-order valence-corrected chi connectivity index (χ2v) is 8.84. The van der Waals surface area contributed by atoms with Crippen LogP contribution in [0.3, 0.4) is 0 Å². The van der Waals surface area contributed by atoms with Gasteiger partial charge in [-0.1, -0.05) is 18.2 Å². The zero-order valence-corrected chi connectivity index (χ0v) is 16.0. The number of anilines is 1. The van der Waals surface area contributed by atoms with Crippen molar-refractivity contribution in [2.45, 2.75) is 24.3 Å². The largest absolute Gasteiger partial charge is 0.379 e. The Labute approximate surface area is 159 Å². The molecule has 0 unspecified atom stereocenters. The highest BCUT2D eigenvalue weighted by molar-refractivity contribution is 7.89. The molecule has 7 heteroatoms. The smallest absolute Gasteiger partial charge is 0.258 e. The van der Waals surface area contributed by atoms with E-state index in [-0.39, 0.29) is 16.8 Å². The minimum Gasteiger partial charge on any atom is -0.379 e. The van der Waals surface area contributed by atoms with Gasteiger partial charge in [-0.2, -0.15) is 4.31 Å². The molecule has 0 saturated carbocycles. The van der Waals surface area contributed by atoms with E-state index in [1.165, 1.54) is 16.4 Å². The number of sulfonamides is 1. The Morgan fingerprint density at radius 3 is 2.41 bits per heavy atom. The first-order valence-electron chi connectivity index (χ1n) is 9.08. The quantitative estimate of drug-likeness (QED) is 0.812. The van der Waals surface area contributed by atoms with Gasteiger partial charge in [-0.25, -0.2) is 8.42 Å². The highest BCUT2D eigenvalue weighted by atomic mass is 32.2. The van der Waals surface area contributed by atoms with E-state index >= 15 is 0 Å². The molecule has 27 heavy (non-hydrogen) atoms. The van der Waals surface area contributed by atoms with Crippen molar-refractivity contribution < 1.29 is 17.9 Å². The van der Waals surface area contributed by atoms with Gasteiger partial charge in [0.25, 0.3) is 5.91 Å². The van der Waals surface area contributed by atoms with Crippen LogP contribution >= 0.6 is 0 Å². The van der Waals surface area contributed by atoms with Crippen molar-refractivity contribution in [2.75, 3.05) is 31.2 Å². The lowest BCUT2D eigenvalue weighted by atomic mass is 10.1. The van der Waals surface area contributed by atoms with E-state index in [4.69, 9.17) is 4.74 Å². The van der Waals surface area contributed by atoms with Gasteiger partial charge < -0.3 is 9.64 Å².